The maximum absolute atomic E-state index is 5.75. The molecular formula is C9H10ClN3. The second-order valence-corrected chi connectivity index (χ2v) is 2.84. The van der Waals surface area contributed by atoms with Crippen molar-refractivity contribution in [2.45, 2.75) is 6.42 Å². The molecule has 0 aliphatic carbocycles. The second-order valence-electron chi connectivity index (χ2n) is 2.43. The van der Waals surface area contributed by atoms with Gasteiger partial charge in [0.05, 0.1) is 5.02 Å². The van der Waals surface area contributed by atoms with Crippen molar-refractivity contribution in [1.82, 2.24) is 4.98 Å². The highest BCUT2D eigenvalue weighted by Gasteiger charge is 1.96. The fraction of sp³-hybridized carbons (Fsp3) is 0.222. The van der Waals surface area contributed by atoms with E-state index in [4.69, 9.17) is 23.1 Å². The van der Waals surface area contributed by atoms with Gasteiger partial charge in [-0.1, -0.05) is 23.4 Å². The number of nitrogens with two attached hydrogens (primary N) is 2. The summed E-state index contributed by atoms with van der Waals surface area (Å²) in [5.41, 5.74) is 11.5. The number of nitrogen functional groups attached to an aromatic ring is 1. The molecule has 0 atom stereocenters. The number of rotatable bonds is 1. The topological polar surface area (TPSA) is 64.9 Å². The molecule has 1 aromatic rings. The van der Waals surface area contributed by atoms with E-state index < -0.39 is 0 Å². The van der Waals surface area contributed by atoms with Crippen molar-refractivity contribution in [3.05, 3.63) is 22.8 Å². The van der Waals surface area contributed by atoms with E-state index in [1.165, 1.54) is 0 Å². The molecule has 13 heavy (non-hydrogen) atoms. The van der Waals surface area contributed by atoms with Gasteiger partial charge in [0.2, 0.25) is 0 Å². The third-order valence-electron chi connectivity index (χ3n) is 1.37. The summed E-state index contributed by atoms with van der Waals surface area (Å²) in [6.07, 6.45) is 2.26. The first-order valence-electron chi connectivity index (χ1n) is 3.84. The Morgan fingerprint density at radius 2 is 2.31 bits per heavy atom. The summed E-state index contributed by atoms with van der Waals surface area (Å²) in [5, 5.41) is 0.430. The van der Waals surface area contributed by atoms with Crippen molar-refractivity contribution >= 4 is 17.4 Å². The highest BCUT2D eigenvalue weighted by molar-refractivity contribution is 6.32. The first kappa shape index (κ1) is 9.85. The third-order valence-corrected chi connectivity index (χ3v) is 1.67. The van der Waals surface area contributed by atoms with Crippen molar-refractivity contribution < 1.29 is 0 Å². The Kier molecular flexibility index (Phi) is 3.56. The van der Waals surface area contributed by atoms with Gasteiger partial charge in [0.1, 0.15) is 5.82 Å². The van der Waals surface area contributed by atoms with E-state index in [1.807, 2.05) is 0 Å². The summed E-state index contributed by atoms with van der Waals surface area (Å²) < 4.78 is 0. The van der Waals surface area contributed by atoms with E-state index in [1.54, 1.807) is 12.3 Å². The maximum Gasteiger partial charge on any atom is 0.142 e. The first-order chi connectivity index (χ1) is 6.24. The minimum Gasteiger partial charge on any atom is -0.382 e. The van der Waals surface area contributed by atoms with Gasteiger partial charge in [-0.25, -0.2) is 4.98 Å². The Morgan fingerprint density at radius 1 is 1.54 bits per heavy atom. The molecule has 1 heterocycles. The van der Waals surface area contributed by atoms with Crippen molar-refractivity contribution in [3.63, 3.8) is 0 Å². The van der Waals surface area contributed by atoms with E-state index in [9.17, 15) is 0 Å². The Labute approximate surface area is 82.1 Å². The van der Waals surface area contributed by atoms with Crippen LogP contribution < -0.4 is 11.5 Å². The first-order valence-corrected chi connectivity index (χ1v) is 4.22. The number of nitrogens with zero attached hydrogens (tertiary/aromatic N) is 1. The predicted molar refractivity (Wildman–Crippen MR) is 54.2 cm³/mol. The number of pyridine rings is 1. The Bertz CT molecular complexity index is 352. The van der Waals surface area contributed by atoms with Crippen molar-refractivity contribution in [2.75, 3.05) is 12.3 Å². The van der Waals surface area contributed by atoms with Gasteiger partial charge in [-0.05, 0) is 6.07 Å². The largest absolute Gasteiger partial charge is 0.382 e. The molecule has 0 aromatic carbocycles. The Hall–Kier alpha value is -1.24. The third kappa shape index (κ3) is 2.94. The predicted octanol–water partition coefficient (Wildman–Crippen LogP) is 1.02. The summed E-state index contributed by atoms with van der Waals surface area (Å²) in [6.45, 7) is 0.559. The quantitative estimate of drug-likeness (QED) is 0.658. The zero-order valence-corrected chi connectivity index (χ0v) is 7.80. The van der Waals surface area contributed by atoms with Crippen LogP contribution in [0, 0.1) is 11.8 Å². The van der Waals surface area contributed by atoms with Gasteiger partial charge in [-0.15, -0.1) is 0 Å². The van der Waals surface area contributed by atoms with Crippen LogP contribution in [0.3, 0.4) is 0 Å². The summed E-state index contributed by atoms with van der Waals surface area (Å²) >= 11 is 5.75. The lowest BCUT2D eigenvalue weighted by Gasteiger charge is -1.95. The van der Waals surface area contributed by atoms with E-state index in [0.29, 0.717) is 23.8 Å². The molecule has 0 unspecified atom stereocenters. The summed E-state index contributed by atoms with van der Waals surface area (Å²) in [5.74, 6) is 6.09. The molecule has 0 aliphatic heterocycles. The number of halogens is 1. The van der Waals surface area contributed by atoms with E-state index >= 15 is 0 Å². The Balaban J connectivity index is 2.81. The highest BCUT2D eigenvalue weighted by Crippen LogP contribution is 2.15. The lowest BCUT2D eigenvalue weighted by Crippen LogP contribution is -1.95. The summed E-state index contributed by atoms with van der Waals surface area (Å²) in [6, 6.07) is 1.69. The number of anilines is 1. The molecule has 0 aliphatic rings. The van der Waals surface area contributed by atoms with Gasteiger partial charge in [0.25, 0.3) is 0 Å². The molecule has 0 spiro atoms. The molecule has 0 radical (unpaired) electrons. The van der Waals surface area contributed by atoms with Crippen LogP contribution in [0.25, 0.3) is 0 Å². The molecule has 68 valence electrons. The lowest BCUT2D eigenvalue weighted by atomic mass is 10.2. The van der Waals surface area contributed by atoms with Gasteiger partial charge in [-0.2, -0.15) is 0 Å². The van der Waals surface area contributed by atoms with Crippen LogP contribution >= 0.6 is 11.6 Å². The SMILES string of the molecule is NCCC#Cc1cnc(N)c(Cl)c1. The van der Waals surface area contributed by atoms with Gasteiger partial charge in [-0.3, -0.25) is 0 Å². The molecule has 1 rings (SSSR count). The van der Waals surface area contributed by atoms with Crippen LogP contribution in [0.1, 0.15) is 12.0 Å². The maximum atomic E-state index is 5.75. The molecular weight excluding hydrogens is 186 g/mol. The van der Waals surface area contributed by atoms with Crippen molar-refractivity contribution in [1.29, 1.82) is 0 Å². The smallest absolute Gasteiger partial charge is 0.142 e. The summed E-state index contributed by atoms with van der Waals surface area (Å²) in [7, 11) is 0. The summed E-state index contributed by atoms with van der Waals surface area (Å²) in [4.78, 5) is 3.87. The average Bonchev–Trinajstić information content (AvgIpc) is 2.12. The van der Waals surface area contributed by atoms with E-state index in [0.717, 1.165) is 5.56 Å². The van der Waals surface area contributed by atoms with E-state index in [2.05, 4.69) is 16.8 Å². The van der Waals surface area contributed by atoms with E-state index in [-0.39, 0.29) is 0 Å². The number of hydrogen-bond donors (Lipinski definition) is 2. The molecule has 4 N–H and O–H groups in total. The van der Waals surface area contributed by atoms with Crippen LogP contribution in [0.5, 0.6) is 0 Å². The molecule has 1 aromatic heterocycles. The van der Waals surface area contributed by atoms with Crippen LogP contribution in [0.15, 0.2) is 12.3 Å². The normalized spacial score (nSPS) is 9.08. The number of hydrogen-bond acceptors (Lipinski definition) is 3. The molecule has 0 saturated heterocycles. The average molecular weight is 196 g/mol. The molecule has 4 heteroatoms. The minimum atomic E-state index is 0.325. The molecule has 0 fully saturated rings. The monoisotopic (exact) mass is 195 g/mol. The van der Waals surface area contributed by atoms with Crippen LogP contribution in [0.4, 0.5) is 5.82 Å². The van der Waals surface area contributed by atoms with Gasteiger partial charge >= 0.3 is 0 Å². The highest BCUT2D eigenvalue weighted by atomic mass is 35.5. The lowest BCUT2D eigenvalue weighted by molar-refractivity contribution is 1.03. The molecule has 0 saturated carbocycles. The zero-order valence-electron chi connectivity index (χ0n) is 7.05. The Morgan fingerprint density at radius 3 is 2.92 bits per heavy atom. The fourth-order valence-corrected chi connectivity index (χ4v) is 0.920. The van der Waals surface area contributed by atoms with Gasteiger partial charge in [0, 0.05) is 24.7 Å². The zero-order chi connectivity index (χ0) is 9.68. The minimum absolute atomic E-state index is 0.325. The van der Waals surface area contributed by atoms with Crippen LogP contribution in [-0.4, -0.2) is 11.5 Å². The van der Waals surface area contributed by atoms with Gasteiger partial charge in [0.15, 0.2) is 0 Å². The number of aromatic nitrogens is 1. The standard InChI is InChI=1S/C9H10ClN3/c10-8-5-7(3-1-2-4-11)6-13-9(8)12/h5-6H,2,4,11H2,(H2,12,13). The van der Waals surface area contributed by atoms with Crippen LogP contribution in [0.2, 0.25) is 5.02 Å². The molecule has 0 bridgehead atoms. The van der Waals surface area contributed by atoms with Crippen molar-refractivity contribution in [2.24, 2.45) is 5.73 Å². The molecule has 0 amide bonds. The molecule has 3 nitrogen and oxygen atoms in total. The van der Waals surface area contributed by atoms with Gasteiger partial charge < -0.3 is 11.5 Å². The van der Waals surface area contributed by atoms with Crippen molar-refractivity contribution in [3.8, 4) is 11.8 Å². The second kappa shape index (κ2) is 4.70. The fourth-order valence-electron chi connectivity index (χ4n) is 0.754. The van der Waals surface area contributed by atoms with Crippen LogP contribution in [-0.2, 0) is 0 Å².